The van der Waals surface area contributed by atoms with Crippen molar-refractivity contribution in [3.05, 3.63) is 76.5 Å². The molecule has 6 heteroatoms. The lowest BCUT2D eigenvalue weighted by Crippen LogP contribution is -2.00. The Labute approximate surface area is 154 Å². The first kappa shape index (κ1) is 17.0. The summed E-state index contributed by atoms with van der Waals surface area (Å²) in [5, 5.41) is 0. The van der Waals surface area contributed by atoms with Crippen LogP contribution in [-0.2, 0) is 6.61 Å². The summed E-state index contributed by atoms with van der Waals surface area (Å²) in [5.41, 5.74) is 2.68. The molecular weight excluding hydrogens is 349 g/mol. The largest absolute Gasteiger partial charge is 0.491 e. The van der Waals surface area contributed by atoms with Crippen LogP contribution in [0.5, 0.6) is 11.5 Å². The molecule has 0 bridgehead atoms. The van der Waals surface area contributed by atoms with Gasteiger partial charge in [-0.05, 0) is 42.0 Å². The van der Waals surface area contributed by atoms with Crippen molar-refractivity contribution in [3.63, 3.8) is 0 Å². The number of alkyl halides is 1. The van der Waals surface area contributed by atoms with Gasteiger partial charge in [-0.2, -0.15) is 0 Å². The van der Waals surface area contributed by atoms with Gasteiger partial charge in [0.1, 0.15) is 42.6 Å². The standard InChI is InChI=1S/C21H16FNO4/c22-9-10-25-16-4-1-14(2-5-16)13-26-17-6-8-19-21(12-17)27-20-11-15(24)3-7-18(20)23-19/h1-8,11-12H,9-10,13H2. The second-order valence-electron chi connectivity index (χ2n) is 5.94. The van der Waals surface area contributed by atoms with Crippen LogP contribution in [0.2, 0.25) is 0 Å². The van der Waals surface area contributed by atoms with E-state index in [9.17, 15) is 9.18 Å². The highest BCUT2D eigenvalue weighted by molar-refractivity contribution is 5.77. The predicted octanol–water partition coefficient (Wildman–Crippen LogP) is 4.22. The van der Waals surface area contributed by atoms with E-state index in [0.717, 1.165) is 5.56 Å². The van der Waals surface area contributed by atoms with Crippen LogP contribution in [0, 0.1) is 0 Å². The molecule has 0 unspecified atom stereocenters. The van der Waals surface area contributed by atoms with E-state index in [1.165, 1.54) is 12.1 Å². The summed E-state index contributed by atoms with van der Waals surface area (Å²) in [7, 11) is 0. The van der Waals surface area contributed by atoms with E-state index in [-0.39, 0.29) is 12.0 Å². The lowest BCUT2D eigenvalue weighted by molar-refractivity contribution is 0.272. The molecule has 27 heavy (non-hydrogen) atoms. The minimum Gasteiger partial charge on any atom is -0.491 e. The zero-order valence-electron chi connectivity index (χ0n) is 14.4. The molecule has 5 nitrogen and oxygen atoms in total. The minimum absolute atomic E-state index is 0.0486. The van der Waals surface area contributed by atoms with Crippen molar-refractivity contribution in [1.29, 1.82) is 0 Å². The number of halogens is 1. The van der Waals surface area contributed by atoms with E-state index < -0.39 is 6.67 Å². The molecule has 2 aromatic rings. The zero-order chi connectivity index (χ0) is 18.6. The molecular formula is C21H16FNO4. The van der Waals surface area contributed by atoms with Gasteiger partial charge >= 0.3 is 0 Å². The van der Waals surface area contributed by atoms with Crippen molar-refractivity contribution in [3.8, 4) is 23.0 Å². The van der Waals surface area contributed by atoms with Crippen LogP contribution in [0.4, 0.5) is 4.39 Å². The normalized spacial score (nSPS) is 11.0. The summed E-state index contributed by atoms with van der Waals surface area (Å²) in [6.45, 7) is -0.105. The van der Waals surface area contributed by atoms with Crippen molar-refractivity contribution in [2.75, 3.05) is 13.3 Å². The topological polar surface area (TPSA) is 61.6 Å². The monoisotopic (exact) mass is 365 g/mol. The molecule has 0 aromatic heterocycles. The van der Waals surface area contributed by atoms with Crippen molar-refractivity contribution in [2.45, 2.75) is 6.61 Å². The maximum absolute atomic E-state index is 12.1. The molecule has 0 atom stereocenters. The van der Waals surface area contributed by atoms with Crippen LogP contribution in [-0.4, -0.2) is 18.3 Å². The molecule has 0 amide bonds. The number of fused-ring (bicyclic) bond motifs is 2. The van der Waals surface area contributed by atoms with Crippen LogP contribution in [0.25, 0.3) is 22.6 Å². The van der Waals surface area contributed by atoms with E-state index in [2.05, 4.69) is 4.98 Å². The lowest BCUT2D eigenvalue weighted by atomic mass is 10.2. The maximum atomic E-state index is 12.1. The second-order valence-corrected chi connectivity index (χ2v) is 5.94. The molecule has 0 radical (unpaired) electrons. The maximum Gasteiger partial charge on any atom is 0.182 e. The highest BCUT2D eigenvalue weighted by Gasteiger charge is 2.10. The molecule has 0 N–H and O–H groups in total. The fraction of sp³-hybridized carbons (Fsp3) is 0.143. The first-order chi connectivity index (χ1) is 13.2. The number of hydrogen-bond acceptors (Lipinski definition) is 5. The summed E-state index contributed by atoms with van der Waals surface area (Å²) in [6.07, 6.45) is 0. The fourth-order valence-electron chi connectivity index (χ4n) is 2.68. The quantitative estimate of drug-likeness (QED) is 0.479. The summed E-state index contributed by atoms with van der Waals surface area (Å²) in [5.74, 6) is 1.69. The Morgan fingerprint density at radius 1 is 0.926 bits per heavy atom. The Balaban J connectivity index is 1.51. The third-order valence-corrected chi connectivity index (χ3v) is 4.00. The molecule has 0 saturated heterocycles. The molecule has 0 spiro atoms. The van der Waals surface area contributed by atoms with E-state index >= 15 is 0 Å². The molecule has 1 aliphatic carbocycles. The summed E-state index contributed by atoms with van der Waals surface area (Å²) in [4.78, 5) is 16.0. The van der Waals surface area contributed by atoms with Gasteiger partial charge in [-0.15, -0.1) is 0 Å². The molecule has 2 aromatic carbocycles. The summed E-state index contributed by atoms with van der Waals surface area (Å²) in [6, 6.07) is 17.2. The van der Waals surface area contributed by atoms with Crippen LogP contribution < -0.4 is 14.9 Å². The summed E-state index contributed by atoms with van der Waals surface area (Å²) >= 11 is 0. The van der Waals surface area contributed by atoms with Crippen molar-refractivity contribution in [1.82, 2.24) is 4.98 Å². The van der Waals surface area contributed by atoms with E-state index in [1.807, 2.05) is 24.3 Å². The van der Waals surface area contributed by atoms with Gasteiger partial charge in [0.05, 0.1) is 0 Å². The number of hydrogen-bond donors (Lipinski definition) is 0. The Hall–Kier alpha value is -3.41. The lowest BCUT2D eigenvalue weighted by Gasteiger charge is -2.09. The van der Waals surface area contributed by atoms with Gasteiger partial charge in [-0.1, -0.05) is 12.1 Å². The average Bonchev–Trinajstić information content (AvgIpc) is 2.70. The number of benzene rings is 3. The van der Waals surface area contributed by atoms with Gasteiger partial charge in [-0.3, -0.25) is 4.79 Å². The average molecular weight is 365 g/mol. The van der Waals surface area contributed by atoms with Crippen LogP contribution in [0.1, 0.15) is 5.56 Å². The Morgan fingerprint density at radius 3 is 2.56 bits per heavy atom. The van der Waals surface area contributed by atoms with Crippen LogP contribution >= 0.6 is 0 Å². The smallest absolute Gasteiger partial charge is 0.182 e. The molecule has 136 valence electrons. The van der Waals surface area contributed by atoms with Crippen LogP contribution in [0.15, 0.2) is 69.9 Å². The predicted molar refractivity (Wildman–Crippen MR) is 99.1 cm³/mol. The first-order valence-corrected chi connectivity index (χ1v) is 8.46. The second kappa shape index (κ2) is 7.45. The molecule has 0 saturated carbocycles. The summed E-state index contributed by atoms with van der Waals surface area (Å²) < 4.78 is 28.9. The van der Waals surface area contributed by atoms with Gasteiger partial charge in [-0.25, -0.2) is 9.37 Å². The minimum atomic E-state index is -0.516. The van der Waals surface area contributed by atoms with E-state index in [0.29, 0.717) is 40.7 Å². The Bertz CT molecular complexity index is 1090. The highest BCUT2D eigenvalue weighted by atomic mass is 19.1. The van der Waals surface area contributed by atoms with Gasteiger partial charge in [0.15, 0.2) is 16.8 Å². The van der Waals surface area contributed by atoms with Gasteiger partial charge < -0.3 is 13.9 Å². The molecule has 2 aliphatic rings. The number of nitrogens with zero attached hydrogens (tertiary/aromatic N) is 1. The number of rotatable bonds is 6. The third-order valence-electron chi connectivity index (χ3n) is 4.00. The number of ether oxygens (including phenoxy) is 2. The van der Waals surface area contributed by atoms with Crippen molar-refractivity contribution < 1.29 is 18.3 Å². The zero-order valence-corrected chi connectivity index (χ0v) is 14.4. The Kier molecular flexibility index (Phi) is 4.70. The van der Waals surface area contributed by atoms with Gasteiger partial charge in [0, 0.05) is 12.1 Å². The van der Waals surface area contributed by atoms with Crippen molar-refractivity contribution >= 4 is 11.1 Å². The van der Waals surface area contributed by atoms with E-state index in [4.69, 9.17) is 13.9 Å². The first-order valence-electron chi connectivity index (χ1n) is 8.46. The molecule has 1 heterocycles. The van der Waals surface area contributed by atoms with Gasteiger partial charge in [0.2, 0.25) is 0 Å². The van der Waals surface area contributed by atoms with Crippen LogP contribution in [0.3, 0.4) is 0 Å². The van der Waals surface area contributed by atoms with E-state index in [1.54, 1.807) is 24.3 Å². The molecule has 4 rings (SSSR count). The molecule has 1 aliphatic heterocycles. The fourth-order valence-corrected chi connectivity index (χ4v) is 2.68. The number of aromatic nitrogens is 1. The van der Waals surface area contributed by atoms with Gasteiger partial charge in [0.25, 0.3) is 0 Å². The highest BCUT2D eigenvalue weighted by Crippen LogP contribution is 2.26. The van der Waals surface area contributed by atoms with Crippen molar-refractivity contribution in [2.24, 2.45) is 0 Å². The third kappa shape index (κ3) is 3.89. The molecule has 0 fully saturated rings. The Morgan fingerprint density at radius 2 is 1.74 bits per heavy atom. The SMILES string of the molecule is O=c1ccc2nc3ccc(OCc4ccc(OCCF)cc4)cc3oc-2c1.